The van der Waals surface area contributed by atoms with Crippen LogP contribution in [0, 0.1) is 0 Å². The largest absolute Gasteiger partial charge is 0.494 e. The highest BCUT2D eigenvalue weighted by Gasteiger charge is 2.13. The molecule has 1 aliphatic carbocycles. The number of carbonyl (C=O) groups is 1. The summed E-state index contributed by atoms with van der Waals surface area (Å²) in [6.45, 7) is 1.76. The average Bonchev–Trinajstić information content (AvgIpc) is 2.65. The van der Waals surface area contributed by atoms with Gasteiger partial charge in [-0.25, -0.2) is 8.42 Å². The van der Waals surface area contributed by atoms with Gasteiger partial charge in [0.2, 0.25) is 5.91 Å². The number of carbonyl (C=O) groups excluding carboxylic acids is 1. The molecule has 1 fully saturated rings. The van der Waals surface area contributed by atoms with E-state index in [1.807, 2.05) is 0 Å². The van der Waals surface area contributed by atoms with Crippen LogP contribution in [0.4, 0.5) is 0 Å². The van der Waals surface area contributed by atoms with Crippen LogP contribution in [0.5, 0.6) is 5.75 Å². The van der Waals surface area contributed by atoms with E-state index in [4.69, 9.17) is 9.47 Å². The minimum absolute atomic E-state index is 0.0173. The molecule has 0 saturated heterocycles. The Labute approximate surface area is 162 Å². The van der Waals surface area contributed by atoms with Crippen molar-refractivity contribution in [2.24, 2.45) is 0 Å². The number of hydrogen-bond acceptors (Lipinski definition) is 5. The van der Waals surface area contributed by atoms with E-state index < -0.39 is 9.84 Å². The van der Waals surface area contributed by atoms with Crippen LogP contribution in [0.15, 0.2) is 29.2 Å². The van der Waals surface area contributed by atoms with E-state index in [1.165, 1.54) is 50.5 Å². The first-order valence-corrected chi connectivity index (χ1v) is 11.7. The Bertz CT molecular complexity index is 666. The third-order valence-corrected chi connectivity index (χ3v) is 5.75. The van der Waals surface area contributed by atoms with Crippen LogP contribution in [0.25, 0.3) is 0 Å². The monoisotopic (exact) mass is 397 g/mol. The van der Waals surface area contributed by atoms with Gasteiger partial charge in [0.1, 0.15) is 5.75 Å². The molecule has 0 unspecified atom stereocenters. The topological polar surface area (TPSA) is 81.7 Å². The number of hydrogen-bond donors (Lipinski definition) is 1. The molecule has 0 heterocycles. The summed E-state index contributed by atoms with van der Waals surface area (Å²) in [4.78, 5) is 12.1. The molecular weight excluding hydrogens is 366 g/mol. The van der Waals surface area contributed by atoms with E-state index in [1.54, 1.807) is 12.1 Å². The second-order valence-corrected chi connectivity index (χ2v) is 9.05. The van der Waals surface area contributed by atoms with Crippen LogP contribution in [0.1, 0.15) is 51.4 Å². The fourth-order valence-corrected chi connectivity index (χ4v) is 3.71. The molecule has 6 nitrogen and oxygen atoms in total. The zero-order chi connectivity index (χ0) is 19.5. The minimum Gasteiger partial charge on any atom is -0.494 e. The van der Waals surface area contributed by atoms with E-state index in [2.05, 4.69) is 5.32 Å². The smallest absolute Gasteiger partial charge is 0.220 e. The van der Waals surface area contributed by atoms with Crippen molar-refractivity contribution >= 4 is 15.7 Å². The molecule has 1 aliphatic rings. The number of ether oxygens (including phenoxy) is 2. The van der Waals surface area contributed by atoms with Gasteiger partial charge >= 0.3 is 0 Å². The van der Waals surface area contributed by atoms with Crippen LogP contribution in [0.3, 0.4) is 0 Å². The summed E-state index contributed by atoms with van der Waals surface area (Å²) in [6.07, 6.45) is 9.64. The van der Waals surface area contributed by atoms with Crippen molar-refractivity contribution in [3.63, 3.8) is 0 Å². The third-order valence-electron chi connectivity index (χ3n) is 4.62. The number of amides is 1. The normalized spacial score (nSPS) is 15.4. The van der Waals surface area contributed by atoms with E-state index in [9.17, 15) is 13.2 Å². The van der Waals surface area contributed by atoms with E-state index >= 15 is 0 Å². The lowest BCUT2D eigenvalue weighted by Crippen LogP contribution is -2.26. The highest BCUT2D eigenvalue weighted by atomic mass is 32.2. The van der Waals surface area contributed by atoms with Crippen LogP contribution in [0.2, 0.25) is 0 Å². The first-order valence-electron chi connectivity index (χ1n) is 9.76. The second-order valence-electron chi connectivity index (χ2n) is 7.03. The number of benzene rings is 1. The quantitative estimate of drug-likeness (QED) is 0.580. The average molecular weight is 398 g/mol. The van der Waals surface area contributed by atoms with E-state index in [-0.39, 0.29) is 10.8 Å². The van der Waals surface area contributed by atoms with Gasteiger partial charge in [-0.1, -0.05) is 19.3 Å². The molecule has 1 aromatic rings. The molecule has 0 bridgehead atoms. The second kappa shape index (κ2) is 11.3. The van der Waals surface area contributed by atoms with Gasteiger partial charge in [0.25, 0.3) is 0 Å². The Kier molecular flexibility index (Phi) is 9.07. The Hall–Kier alpha value is -1.60. The van der Waals surface area contributed by atoms with Crippen molar-refractivity contribution in [2.45, 2.75) is 62.4 Å². The van der Waals surface area contributed by atoms with Crippen LogP contribution < -0.4 is 10.1 Å². The Morgan fingerprint density at radius 3 is 2.44 bits per heavy atom. The zero-order valence-electron chi connectivity index (χ0n) is 16.1. The molecule has 27 heavy (non-hydrogen) atoms. The molecule has 0 atom stereocenters. The van der Waals surface area contributed by atoms with Crippen molar-refractivity contribution < 1.29 is 22.7 Å². The fourth-order valence-electron chi connectivity index (χ4n) is 3.08. The van der Waals surface area contributed by atoms with E-state index in [0.29, 0.717) is 44.5 Å². The van der Waals surface area contributed by atoms with Crippen molar-refractivity contribution in [3.8, 4) is 5.75 Å². The summed E-state index contributed by atoms with van der Waals surface area (Å²) in [5, 5.41) is 2.90. The Balaban J connectivity index is 1.49. The zero-order valence-corrected chi connectivity index (χ0v) is 16.9. The summed E-state index contributed by atoms with van der Waals surface area (Å²) in [6, 6.07) is 6.30. The molecule has 1 saturated carbocycles. The van der Waals surface area contributed by atoms with Crippen LogP contribution in [-0.4, -0.2) is 46.4 Å². The molecule has 0 aromatic heterocycles. The predicted octanol–water partition coefficient (Wildman–Crippen LogP) is 3.10. The van der Waals surface area contributed by atoms with Gasteiger partial charge in [0.15, 0.2) is 9.84 Å². The molecule has 1 N–H and O–H groups in total. The Morgan fingerprint density at radius 2 is 1.78 bits per heavy atom. The lowest BCUT2D eigenvalue weighted by atomic mass is 9.98. The first-order chi connectivity index (χ1) is 12.9. The lowest BCUT2D eigenvalue weighted by molar-refractivity contribution is -0.121. The summed E-state index contributed by atoms with van der Waals surface area (Å²) < 4.78 is 34.2. The van der Waals surface area contributed by atoms with Gasteiger partial charge in [-0.2, -0.15) is 0 Å². The maximum absolute atomic E-state index is 11.8. The molecule has 0 spiro atoms. The van der Waals surface area contributed by atoms with Gasteiger partial charge in [-0.3, -0.25) is 4.79 Å². The maximum atomic E-state index is 11.8. The Morgan fingerprint density at radius 1 is 1.07 bits per heavy atom. The van der Waals surface area contributed by atoms with Gasteiger partial charge in [0, 0.05) is 25.8 Å². The number of rotatable bonds is 11. The van der Waals surface area contributed by atoms with Gasteiger partial charge in [-0.05, 0) is 49.9 Å². The van der Waals surface area contributed by atoms with Crippen molar-refractivity contribution in [3.05, 3.63) is 24.3 Å². The minimum atomic E-state index is -3.19. The van der Waals surface area contributed by atoms with Gasteiger partial charge < -0.3 is 14.8 Å². The predicted molar refractivity (Wildman–Crippen MR) is 105 cm³/mol. The van der Waals surface area contributed by atoms with Gasteiger partial charge in [0.05, 0.1) is 17.6 Å². The molecule has 0 aliphatic heterocycles. The molecular formula is C20H31NO5S. The van der Waals surface area contributed by atoms with Crippen LogP contribution >= 0.6 is 0 Å². The number of nitrogens with one attached hydrogen (secondary N) is 1. The standard InChI is InChI=1S/C20H31NO5S/c1-27(23,24)19-12-10-18(11-13-19)25-15-5-9-20(22)21-14-6-16-26-17-7-3-2-4-8-17/h10-13,17H,2-9,14-16H2,1H3,(H,21,22). The highest BCUT2D eigenvalue weighted by Crippen LogP contribution is 2.20. The lowest BCUT2D eigenvalue weighted by Gasteiger charge is -2.21. The molecule has 152 valence electrons. The fraction of sp³-hybridized carbons (Fsp3) is 0.650. The SMILES string of the molecule is CS(=O)(=O)c1ccc(OCCCC(=O)NCCCOC2CCCCC2)cc1. The maximum Gasteiger partial charge on any atom is 0.220 e. The molecule has 1 amide bonds. The molecule has 7 heteroatoms. The third kappa shape index (κ3) is 8.75. The summed E-state index contributed by atoms with van der Waals surface area (Å²) in [7, 11) is -3.19. The molecule has 2 rings (SSSR count). The summed E-state index contributed by atoms with van der Waals surface area (Å²) in [5.41, 5.74) is 0. The molecule has 0 radical (unpaired) electrons. The van der Waals surface area contributed by atoms with E-state index in [0.717, 1.165) is 6.42 Å². The van der Waals surface area contributed by atoms with Crippen molar-refractivity contribution in [1.82, 2.24) is 5.32 Å². The van der Waals surface area contributed by atoms with Crippen molar-refractivity contribution in [1.29, 1.82) is 0 Å². The van der Waals surface area contributed by atoms with Crippen molar-refractivity contribution in [2.75, 3.05) is 26.0 Å². The highest BCUT2D eigenvalue weighted by molar-refractivity contribution is 7.90. The number of sulfone groups is 1. The van der Waals surface area contributed by atoms with Crippen LogP contribution in [-0.2, 0) is 19.4 Å². The summed E-state index contributed by atoms with van der Waals surface area (Å²) >= 11 is 0. The van der Waals surface area contributed by atoms with Gasteiger partial charge in [-0.15, -0.1) is 0 Å². The summed E-state index contributed by atoms with van der Waals surface area (Å²) in [5.74, 6) is 0.617. The first kappa shape index (κ1) is 21.7. The molecule has 1 aromatic carbocycles.